The maximum atomic E-state index is 10.3. The average molecular weight is 1210 g/mol. The minimum absolute atomic E-state index is 0.00463. The van der Waals surface area contributed by atoms with E-state index < -0.39 is 29.7 Å². The minimum atomic E-state index is -0.868. The molecule has 0 unspecified atom stereocenters. The van der Waals surface area contributed by atoms with E-state index in [1.54, 1.807) is 88.5 Å². The van der Waals surface area contributed by atoms with E-state index in [4.69, 9.17) is 24.4 Å². The molecule has 0 bridgehead atoms. The van der Waals surface area contributed by atoms with Crippen molar-refractivity contribution in [2.75, 3.05) is 161 Å². The SMILES string of the molecule is CNC(=O)C(=O)OC.CNC(=O)C(C)=O.CNC(=O)N(C)C.CNC(=O)NC.CNC(=O)OC.CNC(=O)SC.CNC(=S)N(C)C.CNC(=S)NC.CNC(=S)OC.CNC(=S)SC.CNC(C)=O.CNC(C)=S. The molecular weight excluding hydrogens is 1120 g/mol. The van der Waals surface area contributed by atoms with Crippen LogP contribution in [0.5, 0.6) is 0 Å². The summed E-state index contributed by atoms with van der Waals surface area (Å²) >= 11 is 26.0. The Morgan fingerprint density at radius 1 is 0.427 bits per heavy atom. The van der Waals surface area contributed by atoms with Crippen molar-refractivity contribution >= 4 is 162 Å². The summed E-state index contributed by atoms with van der Waals surface area (Å²) in [6, 6.07) is -0.227. The molecule has 28 nitrogen and oxygen atoms in total. The minimum Gasteiger partial charge on any atom is -0.474 e. The molecule has 35 heteroatoms. The van der Waals surface area contributed by atoms with Crippen molar-refractivity contribution in [3.8, 4) is 0 Å². The van der Waals surface area contributed by atoms with Crippen molar-refractivity contribution in [3.63, 3.8) is 0 Å². The van der Waals surface area contributed by atoms with Gasteiger partial charge in [0.1, 0.15) is 4.32 Å². The van der Waals surface area contributed by atoms with Gasteiger partial charge in [0.2, 0.25) is 11.7 Å². The predicted octanol–water partition coefficient (Wildman–Crippen LogP) is -0.621. The van der Waals surface area contributed by atoms with Gasteiger partial charge in [-0.25, -0.2) is 19.2 Å². The Morgan fingerprint density at radius 2 is 0.827 bits per heavy atom. The molecule has 0 aliphatic heterocycles. The van der Waals surface area contributed by atoms with Gasteiger partial charge in [0.25, 0.3) is 16.3 Å². The van der Waals surface area contributed by atoms with Crippen LogP contribution in [0, 0.1) is 0 Å². The second kappa shape index (κ2) is 82.4. The number of ether oxygens (including phenoxy) is 3. The van der Waals surface area contributed by atoms with Crippen molar-refractivity contribution in [2.24, 2.45) is 0 Å². The molecule has 0 aromatic carbocycles. The summed E-state index contributed by atoms with van der Waals surface area (Å²) in [6.45, 7) is 4.54. The number of esters is 1. The standard InChI is InChI=1S/C4H10N2O.C4H10N2S.C4H7NO3.C4H7NO2.C3H8N2O.C3H8N2S.C3H7NO2.2C3H7NOS.C3H7NO.C3H7NS2.C3H7NS/c2*1-5-4(7)6(2)3;1-5-3(6)4(7)8-2;1-3(6)4(7)5-2;2*1-4-3(6)5-2;2*1-4-3(5)6-2;1-4-3(6)5-2;1-3(5)4-2;1-4-3(5)6-2;1-3(5)4-2/h2*1-3H3,(H,5,7);1-2H3,(H,5,6);1-2H3,(H,5,7);2*1-2H3,(H2,4,5,6);2*1-2H3,(H,4,5);1-2H3,(H,4,6);1-2H3,(H,4,5);1-2H3,(H,4,5);1-2H3,(H,4,5). The molecule has 0 aromatic heterocycles. The molecule has 0 radical (unpaired) electrons. The van der Waals surface area contributed by atoms with Crippen molar-refractivity contribution in [1.82, 2.24) is 84.2 Å². The number of urea groups is 2. The Balaban J connectivity index is -0.0000000578. The van der Waals surface area contributed by atoms with Gasteiger partial charge in [0.15, 0.2) is 10.2 Å². The topological polar surface area (TPSA) is 356 Å². The first-order chi connectivity index (χ1) is 34.6. The van der Waals surface area contributed by atoms with Gasteiger partial charge >= 0.3 is 30.0 Å². The van der Waals surface area contributed by atoms with E-state index >= 15 is 0 Å². The third-order valence-electron chi connectivity index (χ3n) is 5.56. The predicted molar refractivity (Wildman–Crippen MR) is 329 cm³/mol. The van der Waals surface area contributed by atoms with Crippen LogP contribution in [0.1, 0.15) is 20.8 Å². The van der Waals surface area contributed by atoms with Crippen molar-refractivity contribution in [3.05, 3.63) is 0 Å². The second-order valence-corrected chi connectivity index (χ2v) is 15.4. The van der Waals surface area contributed by atoms with Crippen LogP contribution in [-0.2, 0) is 38.2 Å². The number of ketones is 1. The Kier molecular flexibility index (Phi) is 108. The molecule has 0 fully saturated rings. The number of nitrogens with one attached hydrogen (secondary N) is 14. The van der Waals surface area contributed by atoms with E-state index in [-0.39, 0.29) is 23.2 Å². The summed E-state index contributed by atoms with van der Waals surface area (Å²) in [5.74, 6) is -2.59. The van der Waals surface area contributed by atoms with Crippen LogP contribution in [0.25, 0.3) is 0 Å². The highest BCUT2D eigenvalue weighted by Gasteiger charge is 2.08. The summed E-state index contributed by atoms with van der Waals surface area (Å²) in [5.41, 5.74) is 0. The summed E-state index contributed by atoms with van der Waals surface area (Å²) in [6.07, 6.45) is 3.27. The van der Waals surface area contributed by atoms with Crippen LogP contribution in [0.2, 0.25) is 0 Å². The first-order valence-corrected chi connectivity index (χ1v) is 25.1. The maximum absolute atomic E-state index is 10.3. The highest BCUT2D eigenvalue weighted by molar-refractivity contribution is 8.22. The smallest absolute Gasteiger partial charge is 0.406 e. The van der Waals surface area contributed by atoms with E-state index in [1.165, 1.54) is 65.9 Å². The number of Topliss-reactive ketones (excluding diaryl/α,β-unsaturated/α-hetero) is 1. The number of alkyl carbamates (subject to hydrolysis) is 1. The summed E-state index contributed by atoms with van der Waals surface area (Å²) < 4.78 is 13.6. The molecule has 75 heavy (non-hydrogen) atoms. The maximum Gasteiger partial charge on any atom is 0.406 e. The number of rotatable bonds is 1. The average Bonchev–Trinajstić information content (AvgIpc) is 3.43. The molecule has 0 heterocycles. The molecule has 0 saturated heterocycles. The molecule has 0 atom stereocenters. The largest absolute Gasteiger partial charge is 0.474 e. The summed E-state index contributed by atoms with van der Waals surface area (Å²) in [5, 5.41) is 36.9. The van der Waals surface area contributed by atoms with Gasteiger partial charge in [-0.3, -0.25) is 24.0 Å². The quantitative estimate of drug-likeness (QED) is 0.0884. The molecule has 0 saturated carbocycles. The Labute approximate surface area is 482 Å². The number of likely N-dealkylation sites (N-methyl/N-ethyl adjacent to an activating group) is 2. The number of nitrogens with zero attached hydrogens (tertiary/aromatic N) is 2. The van der Waals surface area contributed by atoms with E-state index in [1.807, 2.05) is 53.3 Å². The highest BCUT2D eigenvalue weighted by Crippen LogP contribution is 1.90. The number of methoxy groups -OCH3 is 3. The molecule has 0 aliphatic rings. The second-order valence-electron chi connectivity index (χ2n) is 11.3. The Bertz CT molecular complexity index is 1330. The van der Waals surface area contributed by atoms with Gasteiger partial charge in [-0.15, -0.1) is 11.8 Å². The fraction of sp³-hybridized carbons (Fsp3) is 0.650. The lowest BCUT2D eigenvalue weighted by atomic mass is 10.4. The van der Waals surface area contributed by atoms with Crippen LogP contribution in [0.15, 0.2) is 0 Å². The van der Waals surface area contributed by atoms with Gasteiger partial charge < -0.3 is 98.4 Å². The van der Waals surface area contributed by atoms with Crippen LogP contribution in [0.4, 0.5) is 19.2 Å². The number of hydrogen-bond donors (Lipinski definition) is 14. The van der Waals surface area contributed by atoms with Gasteiger partial charge in [-0.05, 0) is 56.1 Å². The fourth-order valence-electron chi connectivity index (χ4n) is 1.48. The highest BCUT2D eigenvalue weighted by atomic mass is 32.2. The first-order valence-electron chi connectivity index (χ1n) is 20.7. The van der Waals surface area contributed by atoms with Crippen LogP contribution < -0.4 is 74.4 Å². The third-order valence-corrected chi connectivity index (χ3v) is 8.96. The molecule has 9 amide bonds. The van der Waals surface area contributed by atoms with E-state index in [2.05, 4.69) is 125 Å². The summed E-state index contributed by atoms with van der Waals surface area (Å²) in [7, 11) is 34.1. The molecule has 0 aliphatic carbocycles. The number of thioether (sulfide) groups is 2. The lowest BCUT2D eigenvalue weighted by Gasteiger charge is -2.11. The number of amides is 9. The summed E-state index contributed by atoms with van der Waals surface area (Å²) in [4.78, 5) is 94.3. The monoisotopic (exact) mass is 1210 g/mol. The van der Waals surface area contributed by atoms with Gasteiger partial charge in [0.05, 0.1) is 26.3 Å². The first kappa shape index (κ1) is 98.5. The van der Waals surface area contributed by atoms with Gasteiger partial charge in [0, 0.05) is 141 Å². The lowest BCUT2D eigenvalue weighted by Crippen LogP contribution is -2.31. The van der Waals surface area contributed by atoms with E-state index in [0.29, 0.717) is 10.3 Å². The molecule has 0 rings (SSSR count). The van der Waals surface area contributed by atoms with Crippen LogP contribution in [0.3, 0.4) is 0 Å². The molecular formula is C40H92N16O12S7. The molecule has 0 spiro atoms. The van der Waals surface area contributed by atoms with E-state index in [0.717, 1.165) is 21.5 Å². The van der Waals surface area contributed by atoms with Crippen molar-refractivity contribution in [1.29, 1.82) is 0 Å². The van der Waals surface area contributed by atoms with Crippen molar-refractivity contribution < 1.29 is 57.4 Å². The van der Waals surface area contributed by atoms with E-state index in [9.17, 15) is 43.2 Å². The zero-order valence-electron chi connectivity index (χ0n) is 48.7. The van der Waals surface area contributed by atoms with Crippen LogP contribution in [-0.4, -0.2) is 248 Å². The zero-order chi connectivity index (χ0) is 62.7. The molecule has 14 N–H and O–H groups in total. The third kappa shape index (κ3) is 129. The number of carbonyl (C=O) groups excluding carboxylic acids is 9. The number of hydrogen-bond acceptors (Lipinski definition) is 19. The van der Waals surface area contributed by atoms with Gasteiger partial charge in [-0.1, -0.05) is 36.2 Å². The number of carbonyl (C=O) groups is 9. The fourth-order valence-corrected chi connectivity index (χ4v) is 1.88. The number of thiocarbonyl (C=S) groups is 5. The lowest BCUT2D eigenvalue weighted by molar-refractivity contribution is -0.152. The molecule has 446 valence electrons. The normalized spacial score (nSPS) is 7.39. The zero-order valence-corrected chi connectivity index (χ0v) is 54.4. The van der Waals surface area contributed by atoms with Crippen molar-refractivity contribution in [2.45, 2.75) is 20.8 Å². The van der Waals surface area contributed by atoms with Crippen LogP contribution >= 0.6 is 84.6 Å². The van der Waals surface area contributed by atoms with Gasteiger partial charge in [-0.2, -0.15) is 0 Å². The Hall–Kier alpha value is -5.62. The molecule has 0 aromatic rings. The Morgan fingerprint density at radius 3 is 0.840 bits per heavy atom.